The maximum Gasteiger partial charge on any atom is 0.304 e. The van der Waals surface area contributed by atoms with Crippen LogP contribution in [0, 0.1) is 0 Å². The van der Waals surface area contributed by atoms with Gasteiger partial charge in [0.1, 0.15) is 0 Å². The highest BCUT2D eigenvalue weighted by Crippen LogP contribution is 2.27. The molecule has 0 saturated heterocycles. The summed E-state index contributed by atoms with van der Waals surface area (Å²) in [6, 6.07) is 0.700. The summed E-state index contributed by atoms with van der Waals surface area (Å²) < 4.78 is 0. The zero-order valence-electron chi connectivity index (χ0n) is 8.33. The Morgan fingerprint density at radius 3 is 2.62 bits per heavy atom. The minimum atomic E-state index is -0.679. The highest BCUT2D eigenvalue weighted by molar-refractivity contribution is 5.66. The standard InChI is InChI=1S/C10H19NO2/c1-2-3-7-11(9-4-5-9)8-6-10(12)13/h9H,2-8H2,1H3,(H,12,13). The van der Waals surface area contributed by atoms with E-state index in [2.05, 4.69) is 11.8 Å². The Labute approximate surface area is 79.7 Å². The molecule has 1 aliphatic rings. The molecular formula is C10H19NO2. The van der Waals surface area contributed by atoms with Crippen molar-refractivity contribution in [2.45, 2.75) is 45.1 Å². The molecule has 1 rings (SSSR count). The van der Waals surface area contributed by atoms with Crippen molar-refractivity contribution in [2.75, 3.05) is 13.1 Å². The monoisotopic (exact) mass is 185 g/mol. The summed E-state index contributed by atoms with van der Waals surface area (Å²) in [7, 11) is 0. The molecular weight excluding hydrogens is 166 g/mol. The molecule has 0 heterocycles. The van der Waals surface area contributed by atoms with E-state index in [4.69, 9.17) is 5.11 Å². The van der Waals surface area contributed by atoms with Gasteiger partial charge < -0.3 is 5.11 Å². The van der Waals surface area contributed by atoms with Gasteiger partial charge in [0.25, 0.3) is 0 Å². The minimum Gasteiger partial charge on any atom is -0.481 e. The van der Waals surface area contributed by atoms with Crippen LogP contribution in [0.25, 0.3) is 0 Å². The number of unbranched alkanes of at least 4 members (excludes halogenated alkanes) is 1. The van der Waals surface area contributed by atoms with Crippen molar-refractivity contribution in [3.05, 3.63) is 0 Å². The molecule has 0 aromatic heterocycles. The van der Waals surface area contributed by atoms with E-state index in [9.17, 15) is 4.79 Å². The Bertz CT molecular complexity index is 166. The van der Waals surface area contributed by atoms with Gasteiger partial charge in [-0.3, -0.25) is 9.69 Å². The molecule has 0 bridgehead atoms. The highest BCUT2D eigenvalue weighted by Gasteiger charge is 2.28. The maximum absolute atomic E-state index is 10.4. The van der Waals surface area contributed by atoms with Crippen LogP contribution in [0.15, 0.2) is 0 Å². The van der Waals surface area contributed by atoms with Gasteiger partial charge in [0, 0.05) is 12.6 Å². The molecule has 0 spiro atoms. The van der Waals surface area contributed by atoms with Crippen LogP contribution in [0.2, 0.25) is 0 Å². The molecule has 0 aliphatic heterocycles. The second-order valence-corrected chi connectivity index (χ2v) is 3.76. The van der Waals surface area contributed by atoms with Crippen LogP contribution in [0.5, 0.6) is 0 Å². The fourth-order valence-electron chi connectivity index (χ4n) is 1.52. The average Bonchev–Trinajstić information content (AvgIpc) is 2.87. The van der Waals surface area contributed by atoms with Gasteiger partial charge >= 0.3 is 5.97 Å². The Kier molecular flexibility index (Phi) is 4.22. The lowest BCUT2D eigenvalue weighted by atomic mass is 10.3. The molecule has 1 N–H and O–H groups in total. The van der Waals surface area contributed by atoms with Gasteiger partial charge in [0.2, 0.25) is 0 Å². The molecule has 13 heavy (non-hydrogen) atoms. The van der Waals surface area contributed by atoms with E-state index in [1.165, 1.54) is 25.7 Å². The van der Waals surface area contributed by atoms with Gasteiger partial charge in [-0.05, 0) is 25.8 Å². The average molecular weight is 185 g/mol. The van der Waals surface area contributed by atoms with Crippen molar-refractivity contribution in [2.24, 2.45) is 0 Å². The SMILES string of the molecule is CCCCN(CCC(=O)O)C1CC1. The molecule has 0 aromatic rings. The van der Waals surface area contributed by atoms with Gasteiger partial charge in [-0.2, -0.15) is 0 Å². The van der Waals surface area contributed by atoms with E-state index in [1.54, 1.807) is 0 Å². The number of aliphatic carboxylic acids is 1. The van der Waals surface area contributed by atoms with E-state index in [-0.39, 0.29) is 0 Å². The first-order valence-electron chi connectivity index (χ1n) is 5.20. The van der Waals surface area contributed by atoms with Gasteiger partial charge in [-0.25, -0.2) is 0 Å². The van der Waals surface area contributed by atoms with Crippen molar-refractivity contribution in [1.82, 2.24) is 4.90 Å². The summed E-state index contributed by atoms with van der Waals surface area (Å²) in [6.45, 7) is 3.98. The topological polar surface area (TPSA) is 40.5 Å². The molecule has 0 aromatic carbocycles. The number of carboxylic acid groups (broad SMARTS) is 1. The number of rotatable bonds is 7. The van der Waals surface area contributed by atoms with E-state index >= 15 is 0 Å². The van der Waals surface area contributed by atoms with Crippen LogP contribution in [-0.4, -0.2) is 35.1 Å². The normalized spacial score (nSPS) is 16.5. The number of hydrogen-bond acceptors (Lipinski definition) is 2. The lowest BCUT2D eigenvalue weighted by Gasteiger charge is -2.20. The molecule has 0 atom stereocenters. The Morgan fingerprint density at radius 2 is 2.15 bits per heavy atom. The zero-order valence-corrected chi connectivity index (χ0v) is 8.33. The first-order chi connectivity index (χ1) is 6.24. The highest BCUT2D eigenvalue weighted by atomic mass is 16.4. The molecule has 3 nitrogen and oxygen atoms in total. The van der Waals surface area contributed by atoms with E-state index < -0.39 is 5.97 Å². The first kappa shape index (κ1) is 10.5. The summed E-state index contributed by atoms with van der Waals surface area (Å²) in [4.78, 5) is 12.7. The summed E-state index contributed by atoms with van der Waals surface area (Å²) in [5.74, 6) is -0.679. The quantitative estimate of drug-likeness (QED) is 0.656. The summed E-state index contributed by atoms with van der Waals surface area (Å²) in [6.07, 6.45) is 5.21. The van der Waals surface area contributed by atoms with Crippen LogP contribution in [0.1, 0.15) is 39.0 Å². The Hall–Kier alpha value is -0.570. The molecule has 0 amide bonds. The molecule has 0 unspecified atom stereocenters. The number of hydrogen-bond donors (Lipinski definition) is 1. The van der Waals surface area contributed by atoms with Crippen molar-refractivity contribution >= 4 is 5.97 Å². The second kappa shape index (κ2) is 5.22. The van der Waals surface area contributed by atoms with Crippen LogP contribution < -0.4 is 0 Å². The summed E-state index contributed by atoms with van der Waals surface area (Å²) >= 11 is 0. The third-order valence-corrected chi connectivity index (χ3v) is 2.48. The molecule has 1 saturated carbocycles. The van der Waals surface area contributed by atoms with Crippen LogP contribution in [-0.2, 0) is 4.79 Å². The van der Waals surface area contributed by atoms with Crippen LogP contribution in [0.3, 0.4) is 0 Å². The van der Waals surface area contributed by atoms with Gasteiger partial charge in [-0.15, -0.1) is 0 Å². The predicted octanol–water partition coefficient (Wildman–Crippen LogP) is 1.73. The molecule has 0 radical (unpaired) electrons. The number of nitrogens with zero attached hydrogens (tertiary/aromatic N) is 1. The molecule has 1 aliphatic carbocycles. The molecule has 1 fully saturated rings. The first-order valence-corrected chi connectivity index (χ1v) is 5.20. The largest absolute Gasteiger partial charge is 0.481 e. The van der Waals surface area contributed by atoms with Gasteiger partial charge in [0.05, 0.1) is 6.42 Å². The number of carbonyl (C=O) groups is 1. The summed E-state index contributed by atoms with van der Waals surface area (Å²) in [5, 5.41) is 8.56. The minimum absolute atomic E-state index is 0.292. The fourth-order valence-corrected chi connectivity index (χ4v) is 1.52. The molecule has 76 valence electrons. The zero-order chi connectivity index (χ0) is 9.68. The maximum atomic E-state index is 10.4. The second-order valence-electron chi connectivity index (χ2n) is 3.76. The van der Waals surface area contributed by atoms with Crippen molar-refractivity contribution in [1.29, 1.82) is 0 Å². The summed E-state index contributed by atoms with van der Waals surface area (Å²) in [5.41, 5.74) is 0. The molecule has 3 heteroatoms. The van der Waals surface area contributed by atoms with Crippen LogP contribution in [0.4, 0.5) is 0 Å². The predicted molar refractivity (Wildman–Crippen MR) is 51.8 cm³/mol. The lowest BCUT2D eigenvalue weighted by molar-refractivity contribution is -0.137. The van der Waals surface area contributed by atoms with Crippen molar-refractivity contribution in [3.63, 3.8) is 0 Å². The van der Waals surface area contributed by atoms with E-state index in [0.717, 1.165) is 13.1 Å². The van der Waals surface area contributed by atoms with Gasteiger partial charge in [0.15, 0.2) is 0 Å². The van der Waals surface area contributed by atoms with Crippen LogP contribution >= 0.6 is 0 Å². The Balaban J connectivity index is 2.17. The smallest absolute Gasteiger partial charge is 0.304 e. The van der Waals surface area contributed by atoms with E-state index in [1.807, 2.05) is 0 Å². The third-order valence-electron chi connectivity index (χ3n) is 2.48. The third kappa shape index (κ3) is 4.27. The van der Waals surface area contributed by atoms with Crippen molar-refractivity contribution in [3.8, 4) is 0 Å². The number of carboxylic acids is 1. The fraction of sp³-hybridized carbons (Fsp3) is 0.900. The Morgan fingerprint density at radius 1 is 1.46 bits per heavy atom. The lowest BCUT2D eigenvalue weighted by Crippen LogP contribution is -2.29. The van der Waals surface area contributed by atoms with E-state index in [0.29, 0.717) is 12.5 Å². The van der Waals surface area contributed by atoms with Crippen molar-refractivity contribution < 1.29 is 9.90 Å². The van der Waals surface area contributed by atoms with Gasteiger partial charge in [-0.1, -0.05) is 13.3 Å².